The molecular formula is C47H74N7O18P3S. The molecular weight excluding hydrogens is 1080 g/mol. The molecule has 0 bridgehead atoms. The molecule has 1 saturated heterocycles. The molecule has 2 aromatic heterocycles. The van der Waals surface area contributed by atoms with Gasteiger partial charge in [-0.2, -0.15) is 4.31 Å². The number of amides is 2. The van der Waals surface area contributed by atoms with Gasteiger partial charge in [0.15, 0.2) is 22.8 Å². The van der Waals surface area contributed by atoms with Crippen LogP contribution < -0.4 is 16.4 Å². The molecule has 76 heavy (non-hydrogen) atoms. The number of allylic oxidation sites excluding steroid dienone is 12. The van der Waals surface area contributed by atoms with E-state index in [9.17, 15) is 63.0 Å². The molecule has 426 valence electrons. The highest BCUT2D eigenvalue weighted by Gasteiger charge is 2.50. The molecule has 29 heteroatoms. The second-order valence-electron chi connectivity index (χ2n) is 17.8. The van der Waals surface area contributed by atoms with Crippen LogP contribution in [0.3, 0.4) is 0 Å². The van der Waals surface area contributed by atoms with Gasteiger partial charge >= 0.3 is 23.5 Å². The van der Waals surface area contributed by atoms with Crippen LogP contribution in [-0.4, -0.2) is 134 Å². The number of carbonyl (C=O) groups is 3. The maximum Gasteiger partial charge on any atom is 0.481 e. The smallest absolute Gasteiger partial charge is 0.393 e. The maximum absolute atomic E-state index is 12.8. The summed E-state index contributed by atoms with van der Waals surface area (Å²) in [4.78, 5) is 88.6. The molecule has 2 unspecified atom stereocenters. The van der Waals surface area contributed by atoms with Crippen molar-refractivity contribution >= 4 is 69.1 Å². The molecule has 0 radical (unpaired) electrons. The summed E-state index contributed by atoms with van der Waals surface area (Å²) in [6.45, 7) is 2.48. The Labute approximate surface area is 446 Å². The number of carbonyl (C=O) groups excluding carboxylic acids is 3. The summed E-state index contributed by atoms with van der Waals surface area (Å²) in [6.07, 6.45) is 26.8. The van der Waals surface area contributed by atoms with Gasteiger partial charge in [0.25, 0.3) is 0 Å². The molecule has 3 heterocycles. The predicted octanol–water partition coefficient (Wildman–Crippen LogP) is 5.67. The third-order valence-corrected chi connectivity index (χ3v) is 14.9. The number of fused-ring (bicyclic) bond motifs is 1. The fourth-order valence-electron chi connectivity index (χ4n) is 6.93. The van der Waals surface area contributed by atoms with E-state index in [1.165, 1.54) is 13.8 Å². The van der Waals surface area contributed by atoms with E-state index in [4.69, 9.17) is 19.5 Å². The Morgan fingerprint density at radius 1 is 0.842 bits per heavy atom. The number of nitrogen functional groups attached to an aromatic ring is 1. The second kappa shape index (κ2) is 34.1. The average Bonchev–Trinajstić information content (AvgIpc) is 3.91. The van der Waals surface area contributed by atoms with Crippen LogP contribution in [0.5, 0.6) is 0 Å². The highest BCUT2D eigenvalue weighted by molar-refractivity contribution is 8.13. The van der Waals surface area contributed by atoms with Crippen molar-refractivity contribution in [1.82, 2.24) is 30.2 Å². The molecule has 2 aromatic rings. The molecule has 8 atom stereocenters. The molecule has 1 aliphatic rings. The lowest BCUT2D eigenvalue weighted by Crippen LogP contribution is -2.46. The van der Waals surface area contributed by atoms with Crippen LogP contribution in [0.15, 0.2) is 85.6 Å². The van der Waals surface area contributed by atoms with Gasteiger partial charge in [-0.05, 0) is 57.8 Å². The summed E-state index contributed by atoms with van der Waals surface area (Å²) < 4.78 is 62.5. The number of hydrogen-bond acceptors (Lipinski definition) is 19. The molecule has 0 aromatic carbocycles. The van der Waals surface area contributed by atoms with Gasteiger partial charge in [-0.25, -0.2) is 28.6 Å². The Morgan fingerprint density at radius 2 is 1.43 bits per heavy atom. The minimum absolute atomic E-state index is 0.0135. The molecule has 3 rings (SSSR count). The van der Waals surface area contributed by atoms with Crippen molar-refractivity contribution in [1.29, 1.82) is 0 Å². The normalized spacial score (nSPS) is 20.2. The number of nitrogens with two attached hydrogens (primary N) is 1. The van der Waals surface area contributed by atoms with Crippen molar-refractivity contribution in [2.75, 3.05) is 37.8 Å². The molecule has 0 spiro atoms. The number of unbranched alkanes of at least 4 members (excludes halogenated alkanes) is 2. The third-order valence-electron chi connectivity index (χ3n) is 10.9. The number of imidazole rings is 1. The number of phosphoric ester groups is 3. The van der Waals surface area contributed by atoms with Crippen molar-refractivity contribution in [2.24, 2.45) is 5.41 Å². The lowest BCUT2D eigenvalue weighted by molar-refractivity contribution is -0.137. The van der Waals surface area contributed by atoms with Gasteiger partial charge in [-0.15, -0.1) is 0 Å². The van der Waals surface area contributed by atoms with Crippen molar-refractivity contribution < 1.29 is 85.6 Å². The number of ether oxygens (including phenoxy) is 1. The Bertz CT molecular complexity index is 2470. The van der Waals surface area contributed by atoms with E-state index in [-0.39, 0.29) is 53.8 Å². The van der Waals surface area contributed by atoms with E-state index in [1.807, 2.05) is 0 Å². The van der Waals surface area contributed by atoms with Crippen molar-refractivity contribution in [3.63, 3.8) is 0 Å². The van der Waals surface area contributed by atoms with E-state index >= 15 is 0 Å². The van der Waals surface area contributed by atoms with Gasteiger partial charge < -0.3 is 56.0 Å². The second-order valence-corrected chi connectivity index (χ2v) is 23.2. The Morgan fingerprint density at radius 3 is 2.04 bits per heavy atom. The Balaban J connectivity index is 1.26. The third kappa shape index (κ3) is 26.1. The maximum atomic E-state index is 12.8. The fourth-order valence-corrected chi connectivity index (χ4v) is 10.5. The van der Waals surface area contributed by atoms with E-state index in [0.29, 0.717) is 6.42 Å². The van der Waals surface area contributed by atoms with E-state index in [2.05, 4.69) is 114 Å². The van der Waals surface area contributed by atoms with Gasteiger partial charge in [-0.3, -0.25) is 32.5 Å². The van der Waals surface area contributed by atoms with Crippen LogP contribution >= 0.6 is 35.2 Å². The molecule has 11 N–H and O–H groups in total. The van der Waals surface area contributed by atoms with Crippen LogP contribution in [0.4, 0.5) is 5.82 Å². The number of nitrogens with zero attached hydrogens (tertiary/aromatic N) is 4. The number of aliphatic hydroxyl groups excluding tert-OH is 3. The zero-order valence-corrected chi connectivity index (χ0v) is 46.3. The molecule has 0 aliphatic carbocycles. The molecule has 25 nitrogen and oxygen atoms in total. The van der Waals surface area contributed by atoms with Gasteiger partial charge in [0.2, 0.25) is 11.8 Å². The quantitative estimate of drug-likeness (QED) is 0.0221. The molecule has 1 aliphatic heterocycles. The van der Waals surface area contributed by atoms with Crippen molar-refractivity contribution in [2.45, 2.75) is 135 Å². The number of phosphoric acid groups is 3. The summed E-state index contributed by atoms with van der Waals surface area (Å²) in [5, 5.41) is 36.7. The zero-order valence-electron chi connectivity index (χ0n) is 42.8. The number of hydrogen-bond donors (Lipinski definition) is 10. The van der Waals surface area contributed by atoms with Crippen LogP contribution in [0.1, 0.15) is 104 Å². The summed E-state index contributed by atoms with van der Waals surface area (Å²) in [7, 11) is -16.5. The van der Waals surface area contributed by atoms with Gasteiger partial charge in [0.1, 0.15) is 36.3 Å². The summed E-state index contributed by atoms with van der Waals surface area (Å²) in [5.41, 5.74) is 4.24. The average molecular weight is 1150 g/mol. The minimum Gasteiger partial charge on any atom is -0.393 e. The van der Waals surface area contributed by atoms with Gasteiger partial charge in [0.05, 0.1) is 25.6 Å². The number of aromatic nitrogens is 4. The first-order chi connectivity index (χ1) is 35.9. The molecule has 1 fully saturated rings. The molecule has 0 saturated carbocycles. The van der Waals surface area contributed by atoms with E-state index < -0.39 is 90.7 Å². The standard InChI is InChI=1S/C47H74N7O18P3S/c1-4-5-6-7-8-9-10-11-12-13-14-15-16-17-18-19-20-21-22-23-24-25-35(55)30-38(57)76-29-28-49-37(56)26-27-50-45(60)42(59)47(2,3)32-69-75(66,67)72-74(64,65)68-31-36-41(71-73(61,62)63)40(58)46(70-36)54-34-53-39-43(48)51-33-52-44(39)54/h5-6,8-9,11-12,14-15,17-18,20-21,33-36,40-42,46,55,58-59H,4,7,10,13,16,19,22-32H2,1-3H3,(H,49,56)(H,50,60)(H,64,65)(H,66,67)(H2,48,51,52)(H2,61,62,63)/b6-5-,9-8-,12-11-,15-14-,18-17-,21-20-/t35-,36-,40-,41-,42+,46-/m1/s1. The molecule has 2 amide bonds. The summed E-state index contributed by atoms with van der Waals surface area (Å²) >= 11 is 0.978. The largest absolute Gasteiger partial charge is 0.481 e. The first kappa shape index (κ1) is 66.2. The highest BCUT2D eigenvalue weighted by Crippen LogP contribution is 2.61. The summed E-state index contributed by atoms with van der Waals surface area (Å²) in [5.74, 6) is -1.27. The minimum atomic E-state index is -5.60. The van der Waals surface area contributed by atoms with Crippen molar-refractivity contribution in [3.8, 4) is 0 Å². The Kier molecular flexibility index (Phi) is 29.7. The van der Waals surface area contributed by atoms with Crippen LogP contribution in [0.2, 0.25) is 0 Å². The number of thioether (sulfide) groups is 1. The van der Waals surface area contributed by atoms with E-state index in [1.54, 1.807) is 0 Å². The lowest BCUT2D eigenvalue weighted by atomic mass is 9.87. The number of anilines is 1. The zero-order chi connectivity index (χ0) is 56.2. The highest BCUT2D eigenvalue weighted by atomic mass is 32.2. The number of rotatable bonds is 37. The SMILES string of the molecule is CC/C=C\C/C=C\C/C=C\C/C=C\C/C=C\C/C=C\CCCC[C@@H](O)CC(=O)SCCNC(=O)CCNC(=O)[C@H](O)C(C)(C)COP(=O)(O)OP(=O)(O)OC[C@H]1O[C@@H](n2cnc3c(N)ncnc32)[C@H](O)[C@@H]1OP(=O)(O)O. The Hall–Kier alpha value is -4.04. The van der Waals surface area contributed by atoms with Crippen LogP contribution in [0, 0.1) is 5.41 Å². The predicted molar refractivity (Wildman–Crippen MR) is 284 cm³/mol. The first-order valence-electron chi connectivity index (χ1n) is 24.6. The van der Waals surface area contributed by atoms with Gasteiger partial charge in [-0.1, -0.05) is 112 Å². The number of nitrogens with one attached hydrogen (secondary N) is 2. The fraction of sp³-hybridized carbons (Fsp3) is 0.574. The van der Waals surface area contributed by atoms with Gasteiger partial charge in [0, 0.05) is 37.1 Å². The first-order valence-corrected chi connectivity index (χ1v) is 30.1. The van der Waals surface area contributed by atoms with Crippen LogP contribution in [0.25, 0.3) is 11.2 Å². The number of aliphatic hydroxyl groups is 3. The van der Waals surface area contributed by atoms with Crippen LogP contribution in [-0.2, 0) is 50.7 Å². The lowest BCUT2D eigenvalue weighted by Gasteiger charge is -2.30. The monoisotopic (exact) mass is 1150 g/mol. The van der Waals surface area contributed by atoms with E-state index in [0.717, 1.165) is 86.8 Å². The summed E-state index contributed by atoms with van der Waals surface area (Å²) in [6, 6.07) is 0. The van der Waals surface area contributed by atoms with Crippen molar-refractivity contribution in [3.05, 3.63) is 85.6 Å². The topological polar surface area (TPSA) is 384 Å².